The number of hydrogen-bond donors (Lipinski definition) is 1. The average molecular weight is 413 g/mol. The number of aryl methyl sites for hydroxylation is 1. The number of carbonyl (C=O) groups is 1. The molecule has 2 aliphatic heterocycles. The molecule has 0 saturated carbocycles. The van der Waals surface area contributed by atoms with Gasteiger partial charge in [-0.15, -0.1) is 0 Å². The van der Waals surface area contributed by atoms with Gasteiger partial charge in [0.25, 0.3) is 0 Å². The Hall–Kier alpha value is -2.25. The molecule has 29 heavy (non-hydrogen) atoms. The topological polar surface area (TPSA) is 44.7 Å². The van der Waals surface area contributed by atoms with E-state index in [0.29, 0.717) is 17.9 Å². The van der Waals surface area contributed by atoms with E-state index < -0.39 is 16.5 Å². The van der Waals surface area contributed by atoms with Gasteiger partial charge >= 0.3 is 0 Å². The Kier molecular flexibility index (Phi) is 4.67. The van der Waals surface area contributed by atoms with Gasteiger partial charge in [-0.1, -0.05) is 36.0 Å². The van der Waals surface area contributed by atoms with Gasteiger partial charge in [0.15, 0.2) is 0 Å². The van der Waals surface area contributed by atoms with Crippen LogP contribution in [0.3, 0.4) is 0 Å². The fourth-order valence-corrected chi connectivity index (χ4v) is 5.98. The van der Waals surface area contributed by atoms with Crippen LogP contribution < -0.4 is 5.32 Å². The Morgan fingerprint density at radius 3 is 2.97 bits per heavy atom. The number of amides is 1. The second-order valence-electron chi connectivity index (χ2n) is 7.84. The molecule has 2 atom stereocenters. The summed E-state index contributed by atoms with van der Waals surface area (Å²) in [6, 6.07) is 11.4. The van der Waals surface area contributed by atoms with E-state index in [9.17, 15) is 13.6 Å². The molecule has 1 N–H and O–H groups in total. The zero-order chi connectivity index (χ0) is 20.0. The molecule has 0 aromatic heterocycles. The van der Waals surface area contributed by atoms with Gasteiger partial charge in [-0.25, -0.2) is 13.8 Å². The van der Waals surface area contributed by atoms with Gasteiger partial charge in [-0.2, -0.15) is 5.10 Å². The zero-order valence-corrected chi connectivity index (χ0v) is 16.6. The Morgan fingerprint density at radius 2 is 2.14 bits per heavy atom. The van der Waals surface area contributed by atoms with Crippen LogP contribution in [0.15, 0.2) is 47.6 Å². The first-order valence-corrected chi connectivity index (χ1v) is 10.7. The smallest absolute Gasteiger partial charge is 0.244 e. The van der Waals surface area contributed by atoms with Crippen molar-refractivity contribution in [2.75, 3.05) is 13.1 Å². The standard InChI is InChI=1S/C22H21F2N3OS/c23-16-5-6-19(24)17(12-16)21-26-27(20(28)11-14-8-10-25-13-14)22(29-21)9-7-15-3-1-2-4-18(15)22/h1-6,12,14,25H,7-11,13H2. The molecule has 1 fully saturated rings. The predicted molar refractivity (Wildman–Crippen MR) is 109 cm³/mol. The number of nitrogens with zero attached hydrogens (tertiary/aromatic N) is 2. The van der Waals surface area contributed by atoms with Crippen molar-refractivity contribution in [3.05, 3.63) is 70.8 Å². The molecule has 2 aromatic rings. The van der Waals surface area contributed by atoms with Crippen LogP contribution in [0.25, 0.3) is 0 Å². The van der Waals surface area contributed by atoms with E-state index in [-0.39, 0.29) is 17.4 Å². The maximum Gasteiger partial charge on any atom is 0.244 e. The first kappa shape index (κ1) is 18.8. The highest BCUT2D eigenvalue weighted by molar-refractivity contribution is 8.15. The summed E-state index contributed by atoms with van der Waals surface area (Å²) in [7, 11) is 0. The van der Waals surface area contributed by atoms with Gasteiger partial charge in [-0.3, -0.25) is 4.79 Å². The third-order valence-corrected chi connectivity index (χ3v) is 7.42. The highest BCUT2D eigenvalue weighted by Gasteiger charge is 2.52. The lowest BCUT2D eigenvalue weighted by atomic mass is 10.0. The average Bonchev–Trinajstić information content (AvgIpc) is 3.45. The number of nitrogens with one attached hydrogen (secondary N) is 1. The van der Waals surface area contributed by atoms with Crippen LogP contribution in [-0.4, -0.2) is 29.0 Å². The van der Waals surface area contributed by atoms with Crippen molar-refractivity contribution in [2.45, 2.75) is 30.6 Å². The molecule has 2 heterocycles. The minimum absolute atomic E-state index is 0.0604. The van der Waals surface area contributed by atoms with Crippen molar-refractivity contribution in [1.82, 2.24) is 10.3 Å². The summed E-state index contributed by atoms with van der Waals surface area (Å²) in [6.45, 7) is 1.75. The Labute approximate surface area is 172 Å². The Balaban J connectivity index is 1.56. The largest absolute Gasteiger partial charge is 0.316 e. The maximum absolute atomic E-state index is 14.5. The van der Waals surface area contributed by atoms with E-state index in [2.05, 4.69) is 16.5 Å². The Bertz CT molecular complexity index is 1010. The van der Waals surface area contributed by atoms with Gasteiger partial charge in [-0.05, 0) is 67.6 Å². The summed E-state index contributed by atoms with van der Waals surface area (Å²) >= 11 is 1.37. The van der Waals surface area contributed by atoms with Gasteiger partial charge in [0.2, 0.25) is 5.91 Å². The maximum atomic E-state index is 14.5. The van der Waals surface area contributed by atoms with E-state index in [1.165, 1.54) is 17.3 Å². The number of hydrazone groups is 1. The molecular weight excluding hydrogens is 392 g/mol. The van der Waals surface area contributed by atoms with E-state index in [1.807, 2.05) is 18.2 Å². The van der Waals surface area contributed by atoms with Gasteiger partial charge < -0.3 is 5.32 Å². The lowest BCUT2D eigenvalue weighted by molar-refractivity contribution is -0.135. The van der Waals surface area contributed by atoms with Crippen LogP contribution in [-0.2, 0) is 16.1 Å². The highest BCUT2D eigenvalue weighted by atomic mass is 32.2. The molecule has 1 amide bonds. The molecule has 5 rings (SSSR count). The fourth-order valence-electron chi connectivity index (χ4n) is 4.53. The van der Waals surface area contributed by atoms with E-state index in [0.717, 1.165) is 49.7 Å². The third kappa shape index (κ3) is 3.16. The molecule has 0 bridgehead atoms. The lowest BCUT2D eigenvalue weighted by Crippen LogP contribution is -2.40. The van der Waals surface area contributed by atoms with Crippen molar-refractivity contribution in [3.8, 4) is 0 Å². The molecule has 150 valence electrons. The molecular formula is C22H21F2N3OS. The van der Waals surface area contributed by atoms with Crippen molar-refractivity contribution in [3.63, 3.8) is 0 Å². The zero-order valence-electron chi connectivity index (χ0n) is 15.8. The monoisotopic (exact) mass is 413 g/mol. The highest BCUT2D eigenvalue weighted by Crippen LogP contribution is 2.55. The molecule has 3 aliphatic rings. The van der Waals surface area contributed by atoms with Gasteiger partial charge in [0.05, 0.1) is 0 Å². The van der Waals surface area contributed by atoms with Crippen molar-refractivity contribution < 1.29 is 13.6 Å². The third-order valence-electron chi connectivity index (χ3n) is 5.99. The first-order chi connectivity index (χ1) is 14.1. The fraction of sp³-hybridized carbons (Fsp3) is 0.364. The number of hydrogen-bond acceptors (Lipinski definition) is 4. The van der Waals surface area contributed by atoms with Crippen LogP contribution in [0.1, 0.15) is 36.0 Å². The second kappa shape index (κ2) is 7.22. The SMILES string of the molecule is O=C(CC1CCNC1)N1N=C(c2cc(F)ccc2F)SC12CCc1ccccc12. The molecule has 1 saturated heterocycles. The quantitative estimate of drug-likeness (QED) is 0.827. The normalized spacial score (nSPS) is 25.5. The second-order valence-corrected chi connectivity index (χ2v) is 9.11. The van der Waals surface area contributed by atoms with Gasteiger partial charge in [0, 0.05) is 12.0 Å². The number of rotatable bonds is 3. The summed E-state index contributed by atoms with van der Waals surface area (Å²) in [5.74, 6) is -0.832. The van der Waals surface area contributed by atoms with E-state index >= 15 is 0 Å². The molecule has 7 heteroatoms. The number of halogens is 2. The van der Waals surface area contributed by atoms with Crippen molar-refractivity contribution in [2.24, 2.45) is 11.0 Å². The number of benzene rings is 2. The minimum atomic E-state index is -0.687. The number of thioether (sulfide) groups is 1. The molecule has 1 spiro atoms. The number of carbonyl (C=O) groups excluding carboxylic acids is 1. The number of fused-ring (bicyclic) bond motifs is 2. The molecule has 4 nitrogen and oxygen atoms in total. The van der Waals surface area contributed by atoms with E-state index in [4.69, 9.17) is 0 Å². The van der Waals surface area contributed by atoms with Crippen molar-refractivity contribution in [1.29, 1.82) is 0 Å². The van der Waals surface area contributed by atoms with Crippen LogP contribution >= 0.6 is 11.8 Å². The summed E-state index contributed by atoms with van der Waals surface area (Å²) < 4.78 is 28.3. The van der Waals surface area contributed by atoms with Crippen LogP contribution in [0.2, 0.25) is 0 Å². The predicted octanol–water partition coefficient (Wildman–Crippen LogP) is 4.00. The molecule has 2 aromatic carbocycles. The molecule has 1 aliphatic carbocycles. The van der Waals surface area contributed by atoms with Gasteiger partial charge in [0.1, 0.15) is 21.5 Å². The summed E-state index contributed by atoms with van der Waals surface area (Å²) in [6.07, 6.45) is 2.90. The summed E-state index contributed by atoms with van der Waals surface area (Å²) in [5.41, 5.74) is 2.33. The Morgan fingerprint density at radius 1 is 1.28 bits per heavy atom. The lowest BCUT2D eigenvalue weighted by Gasteiger charge is -2.33. The summed E-state index contributed by atoms with van der Waals surface area (Å²) in [5, 5.41) is 9.78. The van der Waals surface area contributed by atoms with E-state index in [1.54, 1.807) is 5.01 Å². The molecule has 0 radical (unpaired) electrons. The molecule has 2 unspecified atom stereocenters. The van der Waals surface area contributed by atoms with Crippen LogP contribution in [0.5, 0.6) is 0 Å². The first-order valence-electron chi connectivity index (χ1n) is 9.92. The minimum Gasteiger partial charge on any atom is -0.316 e. The summed E-state index contributed by atoms with van der Waals surface area (Å²) in [4.78, 5) is 12.6. The van der Waals surface area contributed by atoms with Crippen LogP contribution in [0, 0.1) is 17.6 Å². The van der Waals surface area contributed by atoms with Crippen LogP contribution in [0.4, 0.5) is 8.78 Å². The van der Waals surface area contributed by atoms with Crippen molar-refractivity contribution >= 4 is 22.7 Å².